The maximum Gasteiger partial charge on any atom is 0.242 e. The fourth-order valence-corrected chi connectivity index (χ4v) is 5.01. The first-order valence-corrected chi connectivity index (χ1v) is 10.6. The van der Waals surface area contributed by atoms with Crippen molar-refractivity contribution in [2.45, 2.75) is 18.6 Å². The fraction of sp³-hybridized carbons (Fsp3) is 0.200. The first-order chi connectivity index (χ1) is 13.6. The number of carbonyl (C=O) groups excluding carboxylic acids is 2. The SMILES string of the molecule is CCN1C(=O)[C@H](CC(=O)Nc2ccccc2)SC1=Nc1nc2ccccc2s1. The van der Waals surface area contributed by atoms with Crippen LogP contribution in [0.2, 0.25) is 0 Å². The molecule has 142 valence electrons. The second-order valence-electron chi connectivity index (χ2n) is 6.17. The number of hydrogen-bond donors (Lipinski definition) is 1. The molecule has 2 aromatic carbocycles. The van der Waals surface area contributed by atoms with Gasteiger partial charge in [-0.05, 0) is 31.2 Å². The van der Waals surface area contributed by atoms with Crippen LogP contribution in [-0.4, -0.2) is 38.7 Å². The van der Waals surface area contributed by atoms with Crippen LogP contribution in [0.5, 0.6) is 0 Å². The van der Waals surface area contributed by atoms with Gasteiger partial charge < -0.3 is 5.32 Å². The molecular formula is C20H18N4O2S2. The van der Waals surface area contributed by atoms with Gasteiger partial charge in [0.15, 0.2) is 5.17 Å². The highest BCUT2D eigenvalue weighted by Gasteiger charge is 2.38. The molecule has 4 rings (SSSR count). The van der Waals surface area contributed by atoms with E-state index >= 15 is 0 Å². The van der Waals surface area contributed by atoms with Gasteiger partial charge in [-0.1, -0.05) is 53.4 Å². The number of nitrogens with one attached hydrogen (secondary N) is 1. The minimum absolute atomic E-state index is 0.0874. The molecule has 2 amide bonds. The maximum atomic E-state index is 12.7. The van der Waals surface area contributed by atoms with Crippen molar-refractivity contribution in [1.29, 1.82) is 0 Å². The molecule has 1 aliphatic rings. The smallest absolute Gasteiger partial charge is 0.242 e. The van der Waals surface area contributed by atoms with E-state index in [-0.39, 0.29) is 18.2 Å². The Labute approximate surface area is 170 Å². The Balaban J connectivity index is 1.50. The molecule has 1 N–H and O–H groups in total. The van der Waals surface area contributed by atoms with Crippen LogP contribution in [-0.2, 0) is 9.59 Å². The summed E-state index contributed by atoms with van der Waals surface area (Å²) >= 11 is 2.81. The van der Waals surface area contributed by atoms with E-state index in [1.807, 2.05) is 61.5 Å². The average molecular weight is 411 g/mol. The predicted octanol–water partition coefficient (Wildman–Crippen LogP) is 4.28. The van der Waals surface area contributed by atoms with Crippen LogP contribution < -0.4 is 5.32 Å². The van der Waals surface area contributed by atoms with Gasteiger partial charge in [-0.15, -0.1) is 0 Å². The highest BCUT2D eigenvalue weighted by Crippen LogP contribution is 2.34. The minimum atomic E-state index is -0.475. The number of rotatable bonds is 5. The van der Waals surface area contributed by atoms with Crippen molar-refractivity contribution >= 4 is 61.1 Å². The number of anilines is 1. The summed E-state index contributed by atoms with van der Waals surface area (Å²) in [7, 11) is 0. The van der Waals surface area contributed by atoms with Crippen molar-refractivity contribution in [2.75, 3.05) is 11.9 Å². The zero-order valence-electron chi connectivity index (χ0n) is 15.2. The second-order valence-corrected chi connectivity index (χ2v) is 8.34. The van der Waals surface area contributed by atoms with Crippen molar-refractivity contribution in [1.82, 2.24) is 9.88 Å². The van der Waals surface area contributed by atoms with Crippen LogP contribution in [0.4, 0.5) is 10.8 Å². The number of amides is 2. The van der Waals surface area contributed by atoms with Gasteiger partial charge >= 0.3 is 0 Å². The summed E-state index contributed by atoms with van der Waals surface area (Å²) in [5.74, 6) is -0.273. The molecule has 6 nitrogen and oxygen atoms in total. The number of carbonyl (C=O) groups is 2. The molecule has 0 spiro atoms. The van der Waals surface area contributed by atoms with Gasteiger partial charge in [0, 0.05) is 18.7 Å². The van der Waals surface area contributed by atoms with E-state index in [0.29, 0.717) is 16.8 Å². The lowest BCUT2D eigenvalue weighted by atomic mass is 10.2. The maximum absolute atomic E-state index is 12.7. The molecule has 1 aromatic heterocycles. The first kappa shape index (κ1) is 18.6. The van der Waals surface area contributed by atoms with Gasteiger partial charge in [0.1, 0.15) is 5.25 Å². The van der Waals surface area contributed by atoms with E-state index in [1.54, 1.807) is 4.90 Å². The third-order valence-electron chi connectivity index (χ3n) is 4.24. The second kappa shape index (κ2) is 8.12. The fourth-order valence-electron chi connectivity index (χ4n) is 2.91. The standard InChI is InChI=1S/C20H18N4O2S2/c1-2-24-18(26)16(12-17(25)21-13-8-4-3-5-9-13)28-20(24)23-19-22-14-10-6-7-11-15(14)27-19/h3-11,16H,2,12H2,1H3,(H,21,25)/t16-/m0/s1. The summed E-state index contributed by atoms with van der Waals surface area (Å²) in [6, 6.07) is 17.1. The van der Waals surface area contributed by atoms with E-state index in [0.717, 1.165) is 15.9 Å². The van der Waals surface area contributed by atoms with Crippen molar-refractivity contribution in [3.63, 3.8) is 0 Å². The monoisotopic (exact) mass is 410 g/mol. The van der Waals surface area contributed by atoms with Gasteiger partial charge in [0.05, 0.1) is 10.2 Å². The molecule has 0 bridgehead atoms. The Morgan fingerprint density at radius 1 is 1.18 bits per heavy atom. The molecule has 1 aliphatic heterocycles. The molecular weight excluding hydrogens is 392 g/mol. The highest BCUT2D eigenvalue weighted by atomic mass is 32.2. The number of thioether (sulfide) groups is 1. The van der Waals surface area contributed by atoms with Crippen molar-refractivity contribution in [3.8, 4) is 0 Å². The van der Waals surface area contributed by atoms with Crippen LogP contribution >= 0.6 is 23.1 Å². The number of nitrogens with zero attached hydrogens (tertiary/aromatic N) is 3. The number of thiazole rings is 1. The van der Waals surface area contributed by atoms with Crippen LogP contribution in [0.1, 0.15) is 13.3 Å². The van der Waals surface area contributed by atoms with Gasteiger partial charge in [0.2, 0.25) is 16.9 Å². The third kappa shape index (κ3) is 3.93. The number of aromatic nitrogens is 1. The molecule has 28 heavy (non-hydrogen) atoms. The van der Waals surface area contributed by atoms with Crippen molar-refractivity contribution in [3.05, 3.63) is 54.6 Å². The zero-order valence-corrected chi connectivity index (χ0v) is 16.8. The molecule has 2 heterocycles. The molecule has 1 atom stereocenters. The Morgan fingerprint density at radius 2 is 1.93 bits per heavy atom. The number of aliphatic imine (C=N–C) groups is 1. The number of amidine groups is 1. The van der Waals surface area contributed by atoms with Crippen LogP contribution in [0, 0.1) is 0 Å². The lowest BCUT2D eigenvalue weighted by Gasteiger charge is -2.12. The van der Waals surface area contributed by atoms with Gasteiger partial charge in [-0.25, -0.2) is 4.98 Å². The number of fused-ring (bicyclic) bond motifs is 1. The molecule has 0 aliphatic carbocycles. The van der Waals surface area contributed by atoms with Crippen LogP contribution in [0.15, 0.2) is 59.6 Å². The summed E-state index contributed by atoms with van der Waals surface area (Å²) in [4.78, 5) is 35.8. The van der Waals surface area contributed by atoms with E-state index in [1.165, 1.54) is 23.1 Å². The number of benzene rings is 2. The lowest BCUT2D eigenvalue weighted by Crippen LogP contribution is -2.33. The molecule has 0 radical (unpaired) electrons. The molecule has 1 fully saturated rings. The van der Waals surface area contributed by atoms with Crippen molar-refractivity contribution in [2.24, 2.45) is 4.99 Å². The van der Waals surface area contributed by atoms with Gasteiger partial charge in [-0.3, -0.25) is 14.5 Å². The summed E-state index contributed by atoms with van der Waals surface area (Å²) in [5, 5.41) is 3.57. The van der Waals surface area contributed by atoms with E-state index in [2.05, 4.69) is 15.3 Å². The number of para-hydroxylation sites is 2. The summed E-state index contributed by atoms with van der Waals surface area (Å²) in [5.41, 5.74) is 1.61. The number of hydrogen-bond acceptors (Lipinski definition) is 6. The summed E-state index contributed by atoms with van der Waals surface area (Å²) in [6.45, 7) is 2.41. The topological polar surface area (TPSA) is 74.7 Å². The molecule has 1 saturated heterocycles. The third-order valence-corrected chi connectivity index (χ3v) is 6.34. The molecule has 0 saturated carbocycles. The van der Waals surface area contributed by atoms with Crippen LogP contribution in [0.25, 0.3) is 10.2 Å². The zero-order chi connectivity index (χ0) is 19.5. The Bertz CT molecular complexity index is 1020. The summed E-state index contributed by atoms with van der Waals surface area (Å²) in [6.07, 6.45) is 0.105. The summed E-state index contributed by atoms with van der Waals surface area (Å²) < 4.78 is 1.05. The average Bonchev–Trinajstić information content (AvgIpc) is 3.23. The predicted molar refractivity (Wildman–Crippen MR) is 115 cm³/mol. The molecule has 3 aromatic rings. The largest absolute Gasteiger partial charge is 0.326 e. The van der Waals surface area contributed by atoms with Gasteiger partial charge in [-0.2, -0.15) is 4.99 Å². The first-order valence-electron chi connectivity index (χ1n) is 8.91. The normalized spacial score (nSPS) is 18.2. The highest BCUT2D eigenvalue weighted by molar-refractivity contribution is 8.15. The lowest BCUT2D eigenvalue weighted by molar-refractivity contribution is -0.128. The quantitative estimate of drug-likeness (QED) is 0.681. The Kier molecular flexibility index (Phi) is 5.40. The van der Waals surface area contributed by atoms with Crippen LogP contribution in [0.3, 0.4) is 0 Å². The minimum Gasteiger partial charge on any atom is -0.326 e. The van der Waals surface area contributed by atoms with E-state index in [9.17, 15) is 9.59 Å². The Morgan fingerprint density at radius 3 is 2.68 bits per heavy atom. The van der Waals surface area contributed by atoms with Gasteiger partial charge in [0.25, 0.3) is 0 Å². The molecule has 0 unspecified atom stereocenters. The van der Waals surface area contributed by atoms with Crippen molar-refractivity contribution < 1.29 is 9.59 Å². The van der Waals surface area contributed by atoms with E-state index < -0.39 is 5.25 Å². The van der Waals surface area contributed by atoms with E-state index in [4.69, 9.17) is 0 Å². The molecule has 8 heteroatoms. The Hall–Kier alpha value is -2.71.